The molecular weight excluding hydrogens is 334 g/mol. The lowest BCUT2D eigenvalue weighted by Gasteiger charge is -2.17. The molecule has 6 heteroatoms. The van der Waals surface area contributed by atoms with Crippen molar-refractivity contribution in [2.45, 2.75) is 51.2 Å². The number of anilines is 1. The van der Waals surface area contributed by atoms with Gasteiger partial charge in [0, 0.05) is 0 Å². The molecule has 0 bridgehead atoms. The summed E-state index contributed by atoms with van der Waals surface area (Å²) in [5, 5.41) is 11.9. The Labute approximate surface area is 153 Å². The Bertz CT molecular complexity index is 677. The standard InChI is InChI=1S/C19H25N3O2S/c1-4-6-12-25-18-11-10-17(21-22-18)20-19(23)16(5-2)24-15-9-7-8-14(3)13-15/h7-11,13,16H,4-6,12H2,1-3H3,(H,20,21,23). The van der Waals surface area contributed by atoms with E-state index in [1.165, 1.54) is 0 Å². The molecule has 5 nitrogen and oxygen atoms in total. The fraction of sp³-hybridized carbons (Fsp3) is 0.421. The Morgan fingerprint density at radius 3 is 2.72 bits per heavy atom. The third-order valence-corrected chi connectivity index (χ3v) is 4.58. The van der Waals surface area contributed by atoms with E-state index in [1.54, 1.807) is 17.8 Å². The number of aromatic nitrogens is 2. The highest BCUT2D eigenvalue weighted by Crippen LogP contribution is 2.18. The normalized spacial score (nSPS) is 11.8. The number of rotatable bonds is 9. The van der Waals surface area contributed by atoms with Crippen LogP contribution in [-0.2, 0) is 4.79 Å². The minimum absolute atomic E-state index is 0.218. The molecule has 1 amide bonds. The maximum atomic E-state index is 12.4. The van der Waals surface area contributed by atoms with E-state index in [0.717, 1.165) is 29.2 Å². The summed E-state index contributed by atoms with van der Waals surface area (Å²) in [7, 11) is 0. The zero-order valence-electron chi connectivity index (χ0n) is 15.0. The van der Waals surface area contributed by atoms with Gasteiger partial charge in [0.2, 0.25) is 0 Å². The van der Waals surface area contributed by atoms with Crippen LogP contribution in [0, 0.1) is 6.92 Å². The lowest BCUT2D eigenvalue weighted by Crippen LogP contribution is -2.32. The topological polar surface area (TPSA) is 64.1 Å². The first-order valence-electron chi connectivity index (χ1n) is 8.63. The lowest BCUT2D eigenvalue weighted by molar-refractivity contribution is -0.122. The maximum absolute atomic E-state index is 12.4. The van der Waals surface area contributed by atoms with Gasteiger partial charge >= 0.3 is 0 Å². The van der Waals surface area contributed by atoms with Crippen molar-refractivity contribution in [3.63, 3.8) is 0 Å². The van der Waals surface area contributed by atoms with Crippen LogP contribution in [0.15, 0.2) is 41.4 Å². The van der Waals surface area contributed by atoms with Gasteiger partial charge in [-0.05, 0) is 55.3 Å². The fourth-order valence-electron chi connectivity index (χ4n) is 2.17. The second-order valence-corrected chi connectivity index (χ2v) is 6.89. The summed E-state index contributed by atoms with van der Waals surface area (Å²) >= 11 is 1.68. The van der Waals surface area contributed by atoms with E-state index in [1.807, 2.05) is 44.2 Å². The van der Waals surface area contributed by atoms with Gasteiger partial charge in [-0.25, -0.2) is 0 Å². The molecule has 0 aliphatic heterocycles. The maximum Gasteiger partial charge on any atom is 0.266 e. The predicted octanol–water partition coefficient (Wildman–Crippen LogP) is 4.47. The van der Waals surface area contributed by atoms with Crippen LogP contribution in [0.1, 0.15) is 38.7 Å². The summed E-state index contributed by atoms with van der Waals surface area (Å²) < 4.78 is 5.80. The van der Waals surface area contributed by atoms with Crippen molar-refractivity contribution in [3.05, 3.63) is 42.0 Å². The highest BCUT2D eigenvalue weighted by molar-refractivity contribution is 7.99. The molecule has 0 saturated carbocycles. The molecule has 0 fully saturated rings. The van der Waals surface area contributed by atoms with Crippen LogP contribution in [0.2, 0.25) is 0 Å². The third kappa shape index (κ3) is 6.38. The first kappa shape index (κ1) is 19.2. The molecule has 1 heterocycles. The molecule has 0 radical (unpaired) electrons. The molecule has 1 aromatic heterocycles. The van der Waals surface area contributed by atoms with Crippen molar-refractivity contribution in [1.29, 1.82) is 0 Å². The van der Waals surface area contributed by atoms with E-state index in [-0.39, 0.29) is 5.91 Å². The highest BCUT2D eigenvalue weighted by Gasteiger charge is 2.19. The number of benzene rings is 1. The quantitative estimate of drug-likeness (QED) is 0.528. The van der Waals surface area contributed by atoms with Gasteiger partial charge in [-0.2, -0.15) is 0 Å². The van der Waals surface area contributed by atoms with Crippen molar-refractivity contribution in [1.82, 2.24) is 10.2 Å². The van der Waals surface area contributed by atoms with Crippen LogP contribution >= 0.6 is 11.8 Å². The largest absolute Gasteiger partial charge is 0.481 e. The van der Waals surface area contributed by atoms with Crippen molar-refractivity contribution in [3.8, 4) is 5.75 Å². The fourth-order valence-corrected chi connectivity index (χ4v) is 3.07. The Morgan fingerprint density at radius 1 is 1.24 bits per heavy atom. The first-order chi connectivity index (χ1) is 12.1. The average Bonchev–Trinajstić information content (AvgIpc) is 2.61. The summed E-state index contributed by atoms with van der Waals surface area (Å²) in [6, 6.07) is 11.3. The molecule has 2 rings (SSSR count). The summed E-state index contributed by atoms with van der Waals surface area (Å²) in [6.45, 7) is 6.07. The van der Waals surface area contributed by atoms with Crippen molar-refractivity contribution in [2.75, 3.05) is 11.1 Å². The molecular formula is C19H25N3O2S. The van der Waals surface area contributed by atoms with Gasteiger partial charge in [0.15, 0.2) is 11.9 Å². The Hall–Kier alpha value is -2.08. The van der Waals surface area contributed by atoms with Crippen molar-refractivity contribution < 1.29 is 9.53 Å². The second-order valence-electron chi connectivity index (χ2n) is 5.78. The number of amides is 1. The van der Waals surface area contributed by atoms with Crippen LogP contribution in [0.3, 0.4) is 0 Å². The number of nitrogens with one attached hydrogen (secondary N) is 1. The van der Waals surface area contributed by atoms with Gasteiger partial charge in [-0.1, -0.05) is 32.4 Å². The number of hydrogen-bond acceptors (Lipinski definition) is 5. The molecule has 2 aromatic rings. The zero-order chi connectivity index (χ0) is 18.1. The van der Waals surface area contributed by atoms with Crippen molar-refractivity contribution in [2.24, 2.45) is 0 Å². The molecule has 0 saturated heterocycles. The number of carbonyl (C=O) groups is 1. The number of thioether (sulfide) groups is 1. The zero-order valence-corrected chi connectivity index (χ0v) is 15.8. The average molecular weight is 359 g/mol. The summed E-state index contributed by atoms with van der Waals surface area (Å²) in [5.74, 6) is 1.94. The van der Waals surface area contributed by atoms with Crippen LogP contribution < -0.4 is 10.1 Å². The molecule has 1 N–H and O–H groups in total. The number of nitrogens with zero attached hydrogens (tertiary/aromatic N) is 2. The van der Waals surface area contributed by atoms with Gasteiger partial charge in [0.25, 0.3) is 5.91 Å². The second kappa shape index (κ2) is 10.0. The summed E-state index contributed by atoms with van der Waals surface area (Å²) in [4.78, 5) is 12.4. The summed E-state index contributed by atoms with van der Waals surface area (Å²) in [5.41, 5.74) is 1.09. The minimum atomic E-state index is -0.567. The highest BCUT2D eigenvalue weighted by atomic mass is 32.2. The van der Waals surface area contributed by atoms with Crippen LogP contribution in [-0.4, -0.2) is 28.0 Å². The molecule has 0 aliphatic rings. The van der Waals surface area contributed by atoms with Crippen LogP contribution in [0.25, 0.3) is 0 Å². The molecule has 0 aliphatic carbocycles. The molecule has 1 unspecified atom stereocenters. The number of unbranched alkanes of at least 4 members (excludes halogenated alkanes) is 1. The summed E-state index contributed by atoms with van der Waals surface area (Å²) in [6.07, 6.45) is 2.31. The number of carbonyl (C=O) groups excluding carboxylic acids is 1. The van der Waals surface area contributed by atoms with Gasteiger partial charge in [-0.3, -0.25) is 4.79 Å². The molecule has 134 valence electrons. The smallest absolute Gasteiger partial charge is 0.266 e. The molecule has 1 atom stereocenters. The lowest BCUT2D eigenvalue weighted by atomic mass is 10.2. The van der Waals surface area contributed by atoms with E-state index in [2.05, 4.69) is 22.4 Å². The van der Waals surface area contributed by atoms with Gasteiger partial charge in [0.1, 0.15) is 10.8 Å². The molecule has 25 heavy (non-hydrogen) atoms. The van der Waals surface area contributed by atoms with E-state index in [0.29, 0.717) is 18.0 Å². The predicted molar refractivity (Wildman–Crippen MR) is 102 cm³/mol. The van der Waals surface area contributed by atoms with Gasteiger partial charge in [0.05, 0.1) is 0 Å². The van der Waals surface area contributed by atoms with Crippen molar-refractivity contribution >= 4 is 23.5 Å². The Balaban J connectivity index is 1.92. The first-order valence-corrected chi connectivity index (χ1v) is 9.61. The van der Waals surface area contributed by atoms with Crippen LogP contribution in [0.5, 0.6) is 5.75 Å². The van der Waals surface area contributed by atoms with Gasteiger partial charge in [-0.15, -0.1) is 22.0 Å². The SMILES string of the molecule is CCCCSc1ccc(NC(=O)C(CC)Oc2cccc(C)c2)nn1. The monoisotopic (exact) mass is 359 g/mol. The third-order valence-electron chi connectivity index (χ3n) is 3.57. The van der Waals surface area contributed by atoms with E-state index in [9.17, 15) is 4.79 Å². The van der Waals surface area contributed by atoms with E-state index < -0.39 is 6.10 Å². The molecule has 1 aromatic carbocycles. The molecule has 0 spiro atoms. The van der Waals surface area contributed by atoms with Crippen LogP contribution in [0.4, 0.5) is 5.82 Å². The minimum Gasteiger partial charge on any atom is -0.481 e. The van der Waals surface area contributed by atoms with E-state index in [4.69, 9.17) is 4.74 Å². The number of hydrogen-bond donors (Lipinski definition) is 1. The Morgan fingerprint density at radius 2 is 2.08 bits per heavy atom. The van der Waals surface area contributed by atoms with E-state index >= 15 is 0 Å². The number of ether oxygens (including phenoxy) is 1. The Kier molecular flexibility index (Phi) is 7.73. The van der Waals surface area contributed by atoms with Gasteiger partial charge < -0.3 is 10.1 Å². The number of aryl methyl sites for hydroxylation is 1.